The summed E-state index contributed by atoms with van der Waals surface area (Å²) in [7, 11) is 0. The van der Waals surface area contributed by atoms with Gasteiger partial charge in [0.05, 0.1) is 12.1 Å². The molecule has 0 aromatic heterocycles. The average Bonchev–Trinajstić information content (AvgIpc) is 2.10. The summed E-state index contributed by atoms with van der Waals surface area (Å²) >= 11 is 0. The van der Waals surface area contributed by atoms with Crippen molar-refractivity contribution in [3.63, 3.8) is 0 Å². The number of aliphatic hydroxyl groups is 1. The summed E-state index contributed by atoms with van der Waals surface area (Å²) < 4.78 is 38.3. The predicted molar refractivity (Wildman–Crippen MR) is 52.2 cm³/mol. The Bertz CT molecular complexity index is 346. The molecular weight excluding hydrogens is 231 g/mol. The molecule has 0 fully saturated rings. The molecular formula is C9H11ClF3NO. The van der Waals surface area contributed by atoms with Crippen LogP contribution in [0.1, 0.15) is 18.5 Å². The lowest BCUT2D eigenvalue weighted by Crippen LogP contribution is -2.24. The molecule has 1 aromatic rings. The van der Waals surface area contributed by atoms with Gasteiger partial charge >= 0.3 is 0 Å². The van der Waals surface area contributed by atoms with Crippen LogP contribution in [-0.4, -0.2) is 11.2 Å². The predicted octanol–water partition coefficient (Wildman–Crippen LogP) is 1.91. The van der Waals surface area contributed by atoms with Crippen LogP contribution in [-0.2, 0) is 0 Å². The highest BCUT2D eigenvalue weighted by molar-refractivity contribution is 5.85. The number of benzene rings is 1. The molecule has 0 aliphatic carbocycles. The number of halogens is 4. The van der Waals surface area contributed by atoms with Gasteiger partial charge in [0.25, 0.3) is 0 Å². The van der Waals surface area contributed by atoms with Crippen molar-refractivity contribution in [3.05, 3.63) is 35.1 Å². The molecule has 0 bridgehead atoms. The molecule has 1 rings (SSSR count). The van der Waals surface area contributed by atoms with Crippen molar-refractivity contribution in [3.8, 4) is 0 Å². The van der Waals surface area contributed by atoms with Crippen LogP contribution in [0.25, 0.3) is 0 Å². The fourth-order valence-corrected chi connectivity index (χ4v) is 1.05. The van der Waals surface area contributed by atoms with E-state index >= 15 is 0 Å². The first-order valence-corrected chi connectivity index (χ1v) is 4.01. The van der Waals surface area contributed by atoms with Gasteiger partial charge in [-0.3, -0.25) is 0 Å². The van der Waals surface area contributed by atoms with Crippen LogP contribution >= 0.6 is 12.4 Å². The van der Waals surface area contributed by atoms with Gasteiger partial charge in [0.2, 0.25) is 0 Å². The SMILES string of the molecule is C[C@@H](O)[C@@H](N)c1cc(F)c(F)cc1F.Cl. The van der Waals surface area contributed by atoms with Gasteiger partial charge in [-0.1, -0.05) is 0 Å². The summed E-state index contributed by atoms with van der Waals surface area (Å²) in [5.41, 5.74) is 5.14. The molecule has 0 spiro atoms. The molecule has 2 atom stereocenters. The third-order valence-corrected chi connectivity index (χ3v) is 1.92. The minimum absolute atomic E-state index is 0. The number of rotatable bonds is 2. The first kappa shape index (κ1) is 14.2. The molecule has 3 N–H and O–H groups in total. The fourth-order valence-electron chi connectivity index (χ4n) is 1.05. The maximum absolute atomic E-state index is 13.0. The van der Waals surface area contributed by atoms with E-state index in [4.69, 9.17) is 10.8 Å². The Morgan fingerprint density at radius 3 is 2.07 bits per heavy atom. The van der Waals surface area contributed by atoms with E-state index < -0.39 is 29.6 Å². The molecule has 1 aromatic carbocycles. The fraction of sp³-hybridized carbons (Fsp3) is 0.333. The van der Waals surface area contributed by atoms with E-state index in [1.807, 2.05) is 0 Å². The van der Waals surface area contributed by atoms with Crippen molar-refractivity contribution >= 4 is 12.4 Å². The molecule has 0 aliphatic heterocycles. The summed E-state index contributed by atoms with van der Waals surface area (Å²) in [5.74, 6) is -3.42. The number of hydrogen-bond donors (Lipinski definition) is 2. The highest BCUT2D eigenvalue weighted by Gasteiger charge is 2.19. The van der Waals surface area contributed by atoms with E-state index in [2.05, 4.69) is 0 Å². The molecule has 6 heteroatoms. The Hall–Kier alpha value is -0.780. The molecule has 0 heterocycles. The second-order valence-corrected chi connectivity index (χ2v) is 3.05. The van der Waals surface area contributed by atoms with Crippen molar-refractivity contribution < 1.29 is 18.3 Å². The van der Waals surface area contributed by atoms with Crippen LogP contribution in [0.5, 0.6) is 0 Å². The van der Waals surface area contributed by atoms with E-state index in [9.17, 15) is 13.2 Å². The Labute approximate surface area is 91.3 Å². The molecule has 0 amide bonds. The molecule has 0 radical (unpaired) electrons. The summed E-state index contributed by atoms with van der Waals surface area (Å²) in [6, 6.07) is -0.000278. The Morgan fingerprint density at radius 1 is 1.13 bits per heavy atom. The molecule has 0 saturated heterocycles. The monoisotopic (exact) mass is 241 g/mol. The summed E-state index contributed by atoms with van der Waals surface area (Å²) in [4.78, 5) is 0. The van der Waals surface area contributed by atoms with Gasteiger partial charge < -0.3 is 10.8 Å². The third kappa shape index (κ3) is 3.09. The van der Waals surface area contributed by atoms with Gasteiger partial charge in [-0.2, -0.15) is 0 Å². The summed E-state index contributed by atoms with van der Waals surface area (Å²) in [5, 5.41) is 9.05. The Balaban J connectivity index is 0.00000196. The van der Waals surface area contributed by atoms with Gasteiger partial charge in [0.1, 0.15) is 5.82 Å². The first-order chi connectivity index (χ1) is 6.43. The number of nitrogens with two attached hydrogens (primary N) is 1. The van der Waals surface area contributed by atoms with Crippen molar-refractivity contribution in [2.45, 2.75) is 19.1 Å². The number of aliphatic hydroxyl groups excluding tert-OH is 1. The molecule has 2 nitrogen and oxygen atoms in total. The van der Waals surface area contributed by atoms with Gasteiger partial charge in [-0.05, 0) is 13.0 Å². The van der Waals surface area contributed by atoms with Crippen LogP contribution < -0.4 is 5.73 Å². The van der Waals surface area contributed by atoms with Crippen molar-refractivity contribution in [2.75, 3.05) is 0 Å². The van der Waals surface area contributed by atoms with Gasteiger partial charge in [0.15, 0.2) is 11.6 Å². The van der Waals surface area contributed by atoms with Crippen molar-refractivity contribution in [1.82, 2.24) is 0 Å². The van der Waals surface area contributed by atoms with E-state index in [1.54, 1.807) is 0 Å². The zero-order valence-electron chi connectivity index (χ0n) is 7.88. The normalized spacial score (nSPS) is 14.3. The summed E-state index contributed by atoms with van der Waals surface area (Å²) in [6.45, 7) is 1.34. The topological polar surface area (TPSA) is 46.2 Å². The van der Waals surface area contributed by atoms with Gasteiger partial charge in [-0.25, -0.2) is 13.2 Å². The molecule has 0 aliphatic rings. The molecule has 15 heavy (non-hydrogen) atoms. The number of hydrogen-bond acceptors (Lipinski definition) is 2. The van der Waals surface area contributed by atoms with Crippen LogP contribution in [0.2, 0.25) is 0 Å². The highest BCUT2D eigenvalue weighted by Crippen LogP contribution is 2.20. The minimum atomic E-state index is -1.27. The van der Waals surface area contributed by atoms with E-state index in [0.717, 1.165) is 0 Å². The lowest BCUT2D eigenvalue weighted by molar-refractivity contribution is 0.162. The zero-order valence-corrected chi connectivity index (χ0v) is 8.69. The quantitative estimate of drug-likeness (QED) is 0.777. The molecule has 86 valence electrons. The molecule has 0 unspecified atom stereocenters. The largest absolute Gasteiger partial charge is 0.391 e. The molecule has 0 saturated carbocycles. The van der Waals surface area contributed by atoms with E-state index in [-0.39, 0.29) is 18.0 Å². The van der Waals surface area contributed by atoms with E-state index in [1.165, 1.54) is 6.92 Å². The Kier molecular flexibility index (Phi) is 5.07. The van der Waals surface area contributed by atoms with Crippen molar-refractivity contribution in [2.24, 2.45) is 5.73 Å². The van der Waals surface area contributed by atoms with E-state index in [0.29, 0.717) is 12.1 Å². The lowest BCUT2D eigenvalue weighted by atomic mass is 10.0. The maximum Gasteiger partial charge on any atom is 0.161 e. The van der Waals surface area contributed by atoms with Crippen LogP contribution in [0, 0.1) is 17.5 Å². The zero-order chi connectivity index (χ0) is 10.9. The lowest BCUT2D eigenvalue weighted by Gasteiger charge is -2.15. The highest BCUT2D eigenvalue weighted by atomic mass is 35.5. The van der Waals surface area contributed by atoms with Crippen LogP contribution in [0.15, 0.2) is 12.1 Å². The minimum Gasteiger partial charge on any atom is -0.391 e. The second kappa shape index (κ2) is 5.34. The standard InChI is InChI=1S/C9H10F3NO.ClH/c1-4(14)9(13)5-2-7(11)8(12)3-6(5)10;/h2-4,9,14H,13H2,1H3;1H/t4-,9-;/m1./s1. The Morgan fingerprint density at radius 2 is 1.60 bits per heavy atom. The summed E-state index contributed by atoms with van der Waals surface area (Å²) in [6.07, 6.45) is -1.03. The van der Waals surface area contributed by atoms with Gasteiger partial charge in [-0.15, -0.1) is 12.4 Å². The maximum atomic E-state index is 13.0. The second-order valence-electron chi connectivity index (χ2n) is 3.05. The average molecular weight is 242 g/mol. The van der Waals surface area contributed by atoms with Gasteiger partial charge in [0, 0.05) is 11.6 Å². The van der Waals surface area contributed by atoms with Crippen LogP contribution in [0.4, 0.5) is 13.2 Å². The van der Waals surface area contributed by atoms with Crippen molar-refractivity contribution in [1.29, 1.82) is 0 Å². The smallest absolute Gasteiger partial charge is 0.161 e. The van der Waals surface area contributed by atoms with Crippen LogP contribution in [0.3, 0.4) is 0 Å². The third-order valence-electron chi connectivity index (χ3n) is 1.92. The first-order valence-electron chi connectivity index (χ1n) is 4.01.